The van der Waals surface area contributed by atoms with Gasteiger partial charge in [-0.15, -0.1) is 0 Å². The molecule has 5 aromatic carbocycles. The first-order valence-electron chi connectivity index (χ1n) is 20.9. The van der Waals surface area contributed by atoms with Gasteiger partial charge in [0.15, 0.2) is 0 Å². The van der Waals surface area contributed by atoms with Crippen molar-refractivity contribution < 1.29 is 23.7 Å². The summed E-state index contributed by atoms with van der Waals surface area (Å²) in [6, 6.07) is 36.6. The van der Waals surface area contributed by atoms with Crippen molar-refractivity contribution in [1.82, 2.24) is 19.8 Å². The number of hydrogen-bond donors (Lipinski definition) is 0. The number of carbonyl (C=O) groups is 1. The van der Waals surface area contributed by atoms with Crippen molar-refractivity contribution in [3.63, 3.8) is 0 Å². The minimum atomic E-state index is -0.590. The fourth-order valence-corrected chi connectivity index (χ4v) is 8.87. The second-order valence-electron chi connectivity index (χ2n) is 17.1. The Kier molecular flexibility index (Phi) is 10.7. The van der Waals surface area contributed by atoms with Crippen molar-refractivity contribution in [2.75, 3.05) is 38.2 Å². The molecule has 1 amide bonds. The van der Waals surface area contributed by atoms with Crippen LogP contribution in [0.2, 0.25) is 0 Å². The molecule has 11 heteroatoms. The molecule has 4 heterocycles. The summed E-state index contributed by atoms with van der Waals surface area (Å²) in [5, 5.41) is 12.9. The van der Waals surface area contributed by atoms with Gasteiger partial charge in [-0.05, 0) is 118 Å². The van der Waals surface area contributed by atoms with Crippen molar-refractivity contribution in [3.05, 3.63) is 114 Å². The van der Waals surface area contributed by atoms with Crippen LogP contribution in [0.25, 0.3) is 32.8 Å². The van der Waals surface area contributed by atoms with E-state index >= 15 is 0 Å². The summed E-state index contributed by atoms with van der Waals surface area (Å²) < 4.78 is 25.6. The van der Waals surface area contributed by atoms with Gasteiger partial charge >= 0.3 is 12.1 Å². The number of likely N-dealkylation sites (tertiary alicyclic amines) is 1. The van der Waals surface area contributed by atoms with Gasteiger partial charge in [-0.1, -0.05) is 66.7 Å². The summed E-state index contributed by atoms with van der Waals surface area (Å²) in [5.41, 5.74) is 3.25. The Morgan fingerprint density at radius 1 is 0.817 bits per heavy atom. The summed E-state index contributed by atoms with van der Waals surface area (Å²) in [7, 11) is 2.13. The molecule has 0 aliphatic carbocycles. The Bertz CT molecular complexity index is 2570. The SMILES string of the molecule is CN1CCC[C@H]1COc1nc(N2C[C@H]3CC[C@@H](C2)N3C(=O)OC(C)(C)C)c2cc(Oc3ccccc3C#N)c(-c3cc(OCc4ccccc4)cc4ccccc34)cc2n1. The van der Waals surface area contributed by atoms with E-state index in [1.54, 1.807) is 6.07 Å². The number of piperazine rings is 1. The van der Waals surface area contributed by atoms with E-state index in [-0.39, 0.29) is 24.2 Å². The maximum absolute atomic E-state index is 13.5. The van der Waals surface area contributed by atoms with E-state index in [2.05, 4.69) is 59.3 Å². The van der Waals surface area contributed by atoms with Crippen molar-refractivity contribution in [2.24, 2.45) is 0 Å². The second-order valence-corrected chi connectivity index (χ2v) is 17.1. The van der Waals surface area contributed by atoms with Crippen LogP contribution in [0.15, 0.2) is 103 Å². The number of hydrogen-bond acceptors (Lipinski definition) is 10. The fraction of sp³-hybridized carbons (Fsp3) is 0.347. The number of para-hydroxylation sites is 1. The largest absolute Gasteiger partial charge is 0.489 e. The fourth-order valence-electron chi connectivity index (χ4n) is 8.87. The highest BCUT2D eigenvalue weighted by atomic mass is 16.6. The molecule has 0 spiro atoms. The van der Waals surface area contributed by atoms with Gasteiger partial charge in [0.25, 0.3) is 0 Å². The summed E-state index contributed by atoms with van der Waals surface area (Å²) >= 11 is 0. The highest BCUT2D eigenvalue weighted by Gasteiger charge is 2.45. The van der Waals surface area contributed by atoms with Crippen LogP contribution < -0.4 is 19.1 Å². The zero-order valence-electron chi connectivity index (χ0n) is 34.6. The zero-order chi connectivity index (χ0) is 41.4. The van der Waals surface area contributed by atoms with Crippen molar-refractivity contribution >= 4 is 33.6 Å². The molecule has 9 rings (SSSR count). The van der Waals surface area contributed by atoms with Gasteiger partial charge in [0.05, 0.1) is 23.2 Å². The topological polar surface area (TPSA) is 113 Å². The number of nitrogens with zero attached hydrogens (tertiary/aromatic N) is 6. The van der Waals surface area contributed by atoms with E-state index in [0.717, 1.165) is 65.1 Å². The van der Waals surface area contributed by atoms with Gasteiger partial charge in [0.1, 0.15) is 48.0 Å². The smallest absolute Gasteiger partial charge is 0.410 e. The standard InChI is InChI=1S/C49H50N6O5/c1-49(2,3)60-48(56)55-35-20-21-36(55)29-54(28-35)46-42-26-45(59-44-19-11-9-16-34(44)27-50)41(25-43(42)51-47(52-46)58-31-37-17-12-22-53(37)4)40-24-38(23-33-15-8-10-18-39(33)40)57-30-32-13-6-5-7-14-32/h5-11,13-16,18-19,23-26,35-37H,12,17,20-22,28-31H2,1-4H3/t35-,36+,37-/m0/s1. The van der Waals surface area contributed by atoms with Crippen LogP contribution in [0.4, 0.5) is 10.6 Å². The monoisotopic (exact) mass is 802 g/mol. The molecule has 0 unspecified atom stereocenters. The Labute approximate surface area is 351 Å². The molecule has 2 bridgehead atoms. The van der Waals surface area contributed by atoms with Crippen LogP contribution in [0.5, 0.6) is 23.3 Å². The molecule has 3 aliphatic rings. The number of fused-ring (bicyclic) bond motifs is 4. The number of carbonyl (C=O) groups excluding carboxylic acids is 1. The quantitative estimate of drug-likeness (QED) is 0.133. The van der Waals surface area contributed by atoms with E-state index in [1.807, 2.05) is 86.3 Å². The Morgan fingerprint density at radius 3 is 2.32 bits per heavy atom. The van der Waals surface area contributed by atoms with E-state index in [0.29, 0.717) is 66.5 Å². The lowest BCUT2D eigenvalue weighted by molar-refractivity contribution is 0.0122. The summed E-state index contributed by atoms with van der Waals surface area (Å²) in [4.78, 5) is 30.3. The maximum Gasteiger partial charge on any atom is 0.410 e. The number of nitriles is 1. The van der Waals surface area contributed by atoms with Crippen LogP contribution in [-0.2, 0) is 11.3 Å². The van der Waals surface area contributed by atoms with Crippen LogP contribution >= 0.6 is 0 Å². The predicted molar refractivity (Wildman–Crippen MR) is 233 cm³/mol. The molecule has 3 atom stereocenters. The van der Waals surface area contributed by atoms with Gasteiger partial charge in [0.2, 0.25) is 0 Å². The number of ether oxygens (including phenoxy) is 4. The third kappa shape index (κ3) is 8.12. The van der Waals surface area contributed by atoms with Crippen molar-refractivity contribution in [2.45, 2.75) is 76.8 Å². The van der Waals surface area contributed by atoms with Gasteiger partial charge in [-0.25, -0.2) is 4.79 Å². The molecular formula is C49H50N6O5. The molecule has 1 aromatic heterocycles. The lowest BCUT2D eigenvalue weighted by Gasteiger charge is -2.42. The second kappa shape index (κ2) is 16.3. The predicted octanol–water partition coefficient (Wildman–Crippen LogP) is 9.75. The molecule has 3 aliphatic heterocycles. The number of rotatable bonds is 10. The molecule has 0 saturated carbocycles. The summed E-state index contributed by atoms with van der Waals surface area (Å²) in [6.45, 7) is 8.78. The number of anilines is 1. The zero-order valence-corrected chi connectivity index (χ0v) is 34.6. The van der Waals surface area contributed by atoms with Gasteiger partial charge in [-0.3, -0.25) is 4.90 Å². The number of amides is 1. The molecule has 11 nitrogen and oxygen atoms in total. The lowest BCUT2D eigenvalue weighted by atomic mass is 9.95. The van der Waals surface area contributed by atoms with Gasteiger partial charge < -0.3 is 28.7 Å². The molecule has 3 saturated heterocycles. The first kappa shape index (κ1) is 39.1. The number of aromatic nitrogens is 2. The van der Waals surface area contributed by atoms with Crippen LogP contribution in [-0.4, -0.2) is 82.9 Å². The molecule has 6 aromatic rings. The van der Waals surface area contributed by atoms with E-state index in [1.165, 1.54) is 0 Å². The van der Waals surface area contributed by atoms with Crippen molar-refractivity contribution in [1.29, 1.82) is 5.26 Å². The normalized spacial score (nSPS) is 19.1. The van der Waals surface area contributed by atoms with Crippen LogP contribution in [0.1, 0.15) is 57.6 Å². The number of likely N-dealkylation sites (N-methyl/N-ethyl adjacent to an activating group) is 1. The average molecular weight is 803 g/mol. The molecule has 60 heavy (non-hydrogen) atoms. The minimum Gasteiger partial charge on any atom is -0.489 e. The highest BCUT2D eigenvalue weighted by Crippen LogP contribution is 2.45. The van der Waals surface area contributed by atoms with Crippen LogP contribution in [0.3, 0.4) is 0 Å². The first-order valence-corrected chi connectivity index (χ1v) is 20.9. The van der Waals surface area contributed by atoms with Gasteiger partial charge in [0, 0.05) is 30.1 Å². The third-order valence-corrected chi connectivity index (χ3v) is 11.8. The summed E-state index contributed by atoms with van der Waals surface area (Å²) in [6.07, 6.45) is 3.66. The molecule has 306 valence electrons. The molecule has 3 fully saturated rings. The Balaban J connectivity index is 1.19. The van der Waals surface area contributed by atoms with E-state index in [9.17, 15) is 10.1 Å². The molecule has 0 radical (unpaired) electrons. The molecule has 0 N–H and O–H groups in total. The highest BCUT2D eigenvalue weighted by molar-refractivity contribution is 6.03. The van der Waals surface area contributed by atoms with E-state index < -0.39 is 5.60 Å². The third-order valence-electron chi connectivity index (χ3n) is 11.8. The summed E-state index contributed by atoms with van der Waals surface area (Å²) in [5.74, 6) is 2.40. The average Bonchev–Trinajstić information content (AvgIpc) is 3.79. The minimum absolute atomic E-state index is 0.0392. The van der Waals surface area contributed by atoms with Gasteiger partial charge in [-0.2, -0.15) is 15.2 Å². The van der Waals surface area contributed by atoms with E-state index in [4.69, 9.17) is 28.9 Å². The lowest BCUT2D eigenvalue weighted by Crippen LogP contribution is -2.57. The Hall–Kier alpha value is -6.38. The molecular weight excluding hydrogens is 753 g/mol. The Morgan fingerprint density at radius 2 is 1.57 bits per heavy atom. The van der Waals surface area contributed by atoms with Crippen LogP contribution in [0, 0.1) is 11.3 Å². The number of benzene rings is 5. The maximum atomic E-state index is 13.5. The first-order chi connectivity index (χ1) is 29.1. The van der Waals surface area contributed by atoms with Crippen molar-refractivity contribution in [3.8, 4) is 40.5 Å².